The van der Waals surface area contributed by atoms with Gasteiger partial charge in [-0.2, -0.15) is 18.3 Å². The number of nitrogens with zero attached hydrogens (tertiary/aromatic N) is 3. The van der Waals surface area contributed by atoms with Crippen LogP contribution in [0.5, 0.6) is 0 Å². The van der Waals surface area contributed by atoms with Crippen molar-refractivity contribution in [2.45, 2.75) is 25.9 Å². The normalized spacial score (nSPS) is 13.9. The molecule has 0 unspecified atom stereocenters. The van der Waals surface area contributed by atoms with Gasteiger partial charge >= 0.3 is 6.18 Å². The van der Waals surface area contributed by atoms with Crippen LogP contribution in [0, 0.1) is 0 Å². The molecule has 1 N–H and O–H groups in total. The minimum atomic E-state index is -4.36. The Hall–Kier alpha value is -2.31. The Labute approximate surface area is 132 Å². The number of aromatic nitrogens is 3. The van der Waals surface area contributed by atoms with Gasteiger partial charge in [0.2, 0.25) is 0 Å². The molecule has 0 radical (unpaired) electrons. The fourth-order valence-electron chi connectivity index (χ4n) is 2.85. The van der Waals surface area contributed by atoms with Crippen LogP contribution in [0.2, 0.25) is 0 Å². The zero-order valence-corrected chi connectivity index (χ0v) is 12.9. The number of allylic oxidation sites excluding steroid dienone is 2. The number of nitrogens with one attached hydrogen (secondary N) is 1. The van der Waals surface area contributed by atoms with Crippen molar-refractivity contribution >= 4 is 11.3 Å². The number of halogens is 3. The van der Waals surface area contributed by atoms with Crippen LogP contribution < -0.4 is 5.32 Å². The SMILES string of the molecule is CCNc1cc(Cc2cnn(C)c2)nc2c1C(C(F)(F)F)=CC2. The van der Waals surface area contributed by atoms with Crippen LogP contribution in [-0.2, 0) is 19.9 Å². The lowest BCUT2D eigenvalue weighted by Gasteiger charge is -2.16. The van der Waals surface area contributed by atoms with Gasteiger partial charge in [-0.25, -0.2) is 0 Å². The van der Waals surface area contributed by atoms with Gasteiger partial charge in [0, 0.05) is 49.6 Å². The van der Waals surface area contributed by atoms with E-state index in [2.05, 4.69) is 15.4 Å². The van der Waals surface area contributed by atoms with Gasteiger partial charge in [-0.15, -0.1) is 0 Å². The van der Waals surface area contributed by atoms with Gasteiger partial charge in [-0.05, 0) is 18.6 Å². The Morgan fingerprint density at radius 2 is 2.13 bits per heavy atom. The molecule has 0 aliphatic heterocycles. The highest BCUT2D eigenvalue weighted by molar-refractivity contribution is 5.84. The molecule has 0 bridgehead atoms. The Balaban J connectivity index is 1.99. The van der Waals surface area contributed by atoms with Crippen molar-refractivity contribution in [3.63, 3.8) is 0 Å². The molecule has 3 rings (SSSR count). The molecular formula is C16H17F3N4. The van der Waals surface area contributed by atoms with Gasteiger partial charge < -0.3 is 5.32 Å². The second kappa shape index (κ2) is 5.72. The Morgan fingerprint density at radius 3 is 2.74 bits per heavy atom. The Morgan fingerprint density at radius 1 is 1.35 bits per heavy atom. The standard InChI is InChI=1S/C16H17F3N4/c1-3-20-14-7-11(6-10-8-21-23(2)9-10)22-13-5-4-12(15(13)14)16(17,18)19/h4,7-9H,3,5-6H2,1-2H3,(H,20,22). The summed E-state index contributed by atoms with van der Waals surface area (Å²) >= 11 is 0. The lowest BCUT2D eigenvalue weighted by Crippen LogP contribution is -2.13. The maximum absolute atomic E-state index is 13.2. The smallest absolute Gasteiger partial charge is 0.385 e. The molecule has 2 aromatic heterocycles. The van der Waals surface area contributed by atoms with E-state index in [9.17, 15) is 13.2 Å². The predicted molar refractivity (Wildman–Crippen MR) is 82.2 cm³/mol. The lowest BCUT2D eigenvalue weighted by molar-refractivity contribution is -0.0687. The van der Waals surface area contributed by atoms with Gasteiger partial charge in [0.05, 0.1) is 17.5 Å². The van der Waals surface area contributed by atoms with Crippen LogP contribution in [-0.4, -0.2) is 27.5 Å². The first-order valence-corrected chi connectivity index (χ1v) is 7.40. The van der Waals surface area contributed by atoms with E-state index in [0.717, 1.165) is 11.3 Å². The van der Waals surface area contributed by atoms with E-state index < -0.39 is 11.7 Å². The number of aryl methyl sites for hydroxylation is 1. The van der Waals surface area contributed by atoms with E-state index in [4.69, 9.17) is 0 Å². The van der Waals surface area contributed by atoms with Crippen LogP contribution >= 0.6 is 0 Å². The van der Waals surface area contributed by atoms with Crippen LogP contribution in [0.15, 0.2) is 24.5 Å². The van der Waals surface area contributed by atoms with Crippen molar-refractivity contribution in [1.29, 1.82) is 0 Å². The number of alkyl halides is 3. The summed E-state index contributed by atoms with van der Waals surface area (Å²) in [4.78, 5) is 4.44. The van der Waals surface area contributed by atoms with Crippen molar-refractivity contribution in [2.24, 2.45) is 7.05 Å². The second-order valence-electron chi connectivity index (χ2n) is 5.53. The molecule has 0 aromatic carbocycles. The molecule has 0 amide bonds. The van der Waals surface area contributed by atoms with E-state index in [-0.39, 0.29) is 12.0 Å². The summed E-state index contributed by atoms with van der Waals surface area (Å²) in [7, 11) is 1.82. The zero-order chi connectivity index (χ0) is 16.6. The van der Waals surface area contributed by atoms with Crippen molar-refractivity contribution in [1.82, 2.24) is 14.8 Å². The van der Waals surface area contributed by atoms with Gasteiger partial charge in [0.25, 0.3) is 0 Å². The van der Waals surface area contributed by atoms with E-state index in [1.807, 2.05) is 20.2 Å². The van der Waals surface area contributed by atoms with Crippen LogP contribution in [0.1, 0.15) is 29.4 Å². The predicted octanol–water partition coefficient (Wildman–Crippen LogP) is 3.34. The molecule has 4 nitrogen and oxygen atoms in total. The van der Waals surface area contributed by atoms with E-state index in [1.54, 1.807) is 16.9 Å². The fraction of sp³-hybridized carbons (Fsp3) is 0.375. The van der Waals surface area contributed by atoms with Crippen molar-refractivity contribution < 1.29 is 13.2 Å². The average molecular weight is 322 g/mol. The monoisotopic (exact) mass is 322 g/mol. The largest absolute Gasteiger partial charge is 0.416 e. The maximum atomic E-state index is 13.2. The van der Waals surface area contributed by atoms with E-state index in [0.29, 0.717) is 24.3 Å². The molecule has 0 spiro atoms. The van der Waals surface area contributed by atoms with E-state index >= 15 is 0 Å². The third-order valence-electron chi connectivity index (χ3n) is 3.73. The number of hydrogen-bond donors (Lipinski definition) is 1. The summed E-state index contributed by atoms with van der Waals surface area (Å²) in [5.41, 5.74) is 2.29. The third-order valence-corrected chi connectivity index (χ3v) is 3.73. The molecule has 1 aliphatic carbocycles. The highest BCUT2D eigenvalue weighted by Crippen LogP contribution is 2.43. The molecule has 122 valence electrons. The molecule has 0 fully saturated rings. The van der Waals surface area contributed by atoms with Crippen LogP contribution in [0.4, 0.5) is 18.9 Å². The lowest BCUT2D eigenvalue weighted by atomic mass is 10.0. The van der Waals surface area contributed by atoms with Gasteiger partial charge in [0.1, 0.15) is 0 Å². The van der Waals surface area contributed by atoms with Crippen LogP contribution in [0.3, 0.4) is 0 Å². The van der Waals surface area contributed by atoms with Gasteiger partial charge in [-0.3, -0.25) is 9.67 Å². The molecule has 7 heteroatoms. The molecule has 1 aliphatic rings. The maximum Gasteiger partial charge on any atom is 0.416 e. The number of anilines is 1. The number of rotatable bonds is 4. The van der Waals surface area contributed by atoms with Gasteiger partial charge in [-0.1, -0.05) is 6.08 Å². The summed E-state index contributed by atoms with van der Waals surface area (Å²) in [6.07, 6.45) is 1.22. The highest BCUT2D eigenvalue weighted by Gasteiger charge is 2.39. The molecule has 0 saturated heterocycles. The number of pyridine rings is 1. The average Bonchev–Trinajstić information content (AvgIpc) is 3.05. The minimum absolute atomic E-state index is 0.189. The number of hydrogen-bond acceptors (Lipinski definition) is 3. The molecular weight excluding hydrogens is 305 g/mol. The Kier molecular flexibility index (Phi) is 3.87. The van der Waals surface area contributed by atoms with Crippen LogP contribution in [0.25, 0.3) is 5.57 Å². The fourth-order valence-corrected chi connectivity index (χ4v) is 2.85. The molecule has 23 heavy (non-hydrogen) atoms. The van der Waals surface area contributed by atoms with E-state index in [1.165, 1.54) is 6.08 Å². The first kappa shape index (κ1) is 15.6. The molecule has 0 atom stereocenters. The zero-order valence-electron chi connectivity index (χ0n) is 12.9. The quantitative estimate of drug-likeness (QED) is 0.939. The summed E-state index contributed by atoms with van der Waals surface area (Å²) in [5.74, 6) is 0. The Bertz CT molecular complexity index is 759. The van der Waals surface area contributed by atoms with Crippen molar-refractivity contribution in [3.8, 4) is 0 Å². The molecule has 0 saturated carbocycles. The summed E-state index contributed by atoms with van der Waals surface area (Å²) in [5, 5.41) is 7.14. The summed E-state index contributed by atoms with van der Waals surface area (Å²) < 4.78 is 41.2. The molecule has 2 heterocycles. The summed E-state index contributed by atoms with van der Waals surface area (Å²) in [6, 6.07) is 1.71. The first-order chi connectivity index (χ1) is 10.9. The topological polar surface area (TPSA) is 42.7 Å². The molecule has 2 aromatic rings. The highest BCUT2D eigenvalue weighted by atomic mass is 19.4. The van der Waals surface area contributed by atoms with Crippen molar-refractivity contribution in [3.05, 3.63) is 47.1 Å². The first-order valence-electron chi connectivity index (χ1n) is 7.40. The third kappa shape index (κ3) is 3.09. The number of fused-ring (bicyclic) bond motifs is 1. The van der Waals surface area contributed by atoms with Crippen molar-refractivity contribution in [2.75, 3.05) is 11.9 Å². The van der Waals surface area contributed by atoms with Gasteiger partial charge in [0.15, 0.2) is 0 Å². The summed E-state index contributed by atoms with van der Waals surface area (Å²) in [6.45, 7) is 2.41. The minimum Gasteiger partial charge on any atom is -0.385 e. The second-order valence-corrected chi connectivity index (χ2v) is 5.53.